The number of nitrogens with zero attached hydrogens (tertiary/aromatic N) is 1. The smallest absolute Gasteiger partial charge is 0.343 e. The van der Waals surface area contributed by atoms with Crippen molar-refractivity contribution in [1.82, 2.24) is 5.43 Å². The van der Waals surface area contributed by atoms with Crippen LogP contribution in [0.2, 0.25) is 0 Å². The van der Waals surface area contributed by atoms with Gasteiger partial charge in [-0.2, -0.15) is 5.10 Å². The van der Waals surface area contributed by atoms with Crippen LogP contribution in [0, 0.1) is 0 Å². The number of hydrogen-bond donors (Lipinski definition) is 1. The van der Waals surface area contributed by atoms with Gasteiger partial charge in [0.05, 0.1) is 26.0 Å². The summed E-state index contributed by atoms with van der Waals surface area (Å²) in [6.07, 6.45) is 21.3. The van der Waals surface area contributed by atoms with Gasteiger partial charge in [0, 0.05) is 12.0 Å². The van der Waals surface area contributed by atoms with E-state index >= 15 is 0 Å². The zero-order valence-corrected chi connectivity index (χ0v) is 27.6. The highest BCUT2D eigenvalue weighted by atomic mass is 16.5. The van der Waals surface area contributed by atoms with Crippen LogP contribution in [-0.4, -0.2) is 32.3 Å². The molecule has 0 saturated carbocycles. The maximum Gasteiger partial charge on any atom is 0.343 e. The van der Waals surface area contributed by atoms with Crippen molar-refractivity contribution in [3.63, 3.8) is 0 Å². The van der Waals surface area contributed by atoms with Crippen LogP contribution in [-0.2, 0) is 4.79 Å². The molecule has 0 aromatic heterocycles. The summed E-state index contributed by atoms with van der Waals surface area (Å²) in [5.74, 6) is 0.633. The van der Waals surface area contributed by atoms with E-state index in [4.69, 9.17) is 14.2 Å². The maximum absolute atomic E-state index is 13.0. The fraction of sp³-hybridized carbons (Fsp3) is 0.500. The Morgan fingerprint density at radius 1 is 0.689 bits per heavy atom. The van der Waals surface area contributed by atoms with E-state index in [0.717, 1.165) is 23.6 Å². The van der Waals surface area contributed by atoms with Gasteiger partial charge < -0.3 is 14.2 Å². The first-order valence-electron chi connectivity index (χ1n) is 16.8. The molecule has 7 heteroatoms. The minimum atomic E-state index is -0.543. The third-order valence-electron chi connectivity index (χ3n) is 8.14. The first-order valence-corrected chi connectivity index (χ1v) is 16.8. The van der Waals surface area contributed by atoms with Gasteiger partial charge in [0.25, 0.3) is 0 Å². The number of amides is 1. The Bertz CT molecular complexity index is 1350. The number of esters is 1. The number of fused-ring (bicyclic) bond motifs is 1. The Kier molecular flexibility index (Phi) is 16.6. The number of ether oxygens (including phenoxy) is 3. The molecule has 3 aromatic carbocycles. The van der Waals surface area contributed by atoms with Crippen molar-refractivity contribution < 1.29 is 23.8 Å². The predicted molar refractivity (Wildman–Crippen MR) is 184 cm³/mol. The van der Waals surface area contributed by atoms with Crippen molar-refractivity contribution in [2.45, 2.75) is 110 Å². The summed E-state index contributed by atoms with van der Waals surface area (Å²) in [7, 11) is 3.05. The summed E-state index contributed by atoms with van der Waals surface area (Å²) in [6, 6.07) is 16.2. The van der Waals surface area contributed by atoms with Gasteiger partial charge in [-0.05, 0) is 41.5 Å². The second kappa shape index (κ2) is 21.0. The van der Waals surface area contributed by atoms with E-state index in [9.17, 15) is 9.59 Å². The lowest BCUT2D eigenvalue weighted by molar-refractivity contribution is -0.121. The van der Waals surface area contributed by atoms with E-state index in [0.29, 0.717) is 34.8 Å². The highest BCUT2D eigenvalue weighted by Crippen LogP contribution is 2.30. The molecule has 0 aliphatic carbocycles. The van der Waals surface area contributed by atoms with E-state index < -0.39 is 5.97 Å². The fourth-order valence-corrected chi connectivity index (χ4v) is 5.50. The standard InChI is InChI=1S/C38H52N2O5/c1-4-5-6-7-8-9-10-11-12-13-14-15-16-17-18-23-37(41)40-39-29-33-32-22-20-19-21-30(32)24-26-34(33)45-38(42)31-25-27-35(43-2)36(28-31)44-3/h19-22,24-29H,4-18,23H2,1-3H3,(H,40,41). The van der Waals surface area contributed by atoms with Gasteiger partial charge in [0.15, 0.2) is 11.5 Å². The van der Waals surface area contributed by atoms with Crippen LogP contribution in [0.5, 0.6) is 17.2 Å². The van der Waals surface area contributed by atoms with Crippen LogP contribution in [0.1, 0.15) is 126 Å². The number of hydrogen-bond acceptors (Lipinski definition) is 6. The summed E-state index contributed by atoms with van der Waals surface area (Å²) < 4.78 is 16.4. The molecule has 3 aromatic rings. The average Bonchev–Trinajstić information content (AvgIpc) is 3.06. The van der Waals surface area contributed by atoms with Crippen LogP contribution >= 0.6 is 0 Å². The van der Waals surface area contributed by atoms with Gasteiger partial charge in [-0.3, -0.25) is 4.79 Å². The number of nitrogens with one attached hydrogen (secondary N) is 1. The number of methoxy groups -OCH3 is 2. The minimum Gasteiger partial charge on any atom is -0.493 e. The molecule has 0 aliphatic heterocycles. The van der Waals surface area contributed by atoms with E-state index in [1.165, 1.54) is 97.7 Å². The lowest BCUT2D eigenvalue weighted by atomic mass is 10.0. The molecule has 0 bridgehead atoms. The van der Waals surface area contributed by atoms with E-state index in [2.05, 4.69) is 17.5 Å². The van der Waals surface area contributed by atoms with Gasteiger partial charge in [0.2, 0.25) is 5.91 Å². The molecular weight excluding hydrogens is 564 g/mol. The van der Waals surface area contributed by atoms with Gasteiger partial charge in [0.1, 0.15) is 5.75 Å². The van der Waals surface area contributed by atoms with Gasteiger partial charge in [-0.15, -0.1) is 0 Å². The number of benzene rings is 3. The Hall–Kier alpha value is -3.87. The molecule has 7 nitrogen and oxygen atoms in total. The molecular formula is C38H52N2O5. The van der Waals surface area contributed by atoms with Crippen LogP contribution in [0.25, 0.3) is 10.8 Å². The largest absolute Gasteiger partial charge is 0.493 e. The summed E-state index contributed by atoms with van der Waals surface area (Å²) >= 11 is 0. The third kappa shape index (κ3) is 12.6. The second-order valence-corrected chi connectivity index (χ2v) is 11.7. The van der Waals surface area contributed by atoms with Gasteiger partial charge in [-0.25, -0.2) is 10.2 Å². The summed E-state index contributed by atoms with van der Waals surface area (Å²) in [6.45, 7) is 2.27. The van der Waals surface area contributed by atoms with Crippen molar-refractivity contribution in [3.05, 3.63) is 65.7 Å². The normalized spacial score (nSPS) is 11.2. The van der Waals surface area contributed by atoms with Crippen molar-refractivity contribution >= 4 is 28.9 Å². The molecule has 0 heterocycles. The zero-order chi connectivity index (χ0) is 32.1. The SMILES string of the molecule is CCCCCCCCCCCCCCCCCC(=O)NN=Cc1c(OC(=O)c2ccc(OC)c(OC)c2)ccc2ccccc12. The molecule has 1 amide bonds. The van der Waals surface area contributed by atoms with Crippen molar-refractivity contribution in [3.8, 4) is 17.2 Å². The third-order valence-corrected chi connectivity index (χ3v) is 8.14. The average molecular weight is 617 g/mol. The molecule has 0 saturated heterocycles. The van der Waals surface area contributed by atoms with Crippen molar-refractivity contribution in [2.75, 3.05) is 14.2 Å². The van der Waals surface area contributed by atoms with Crippen molar-refractivity contribution in [2.24, 2.45) is 5.10 Å². The molecule has 0 spiro atoms. The Morgan fingerprint density at radius 2 is 1.27 bits per heavy atom. The second-order valence-electron chi connectivity index (χ2n) is 11.7. The van der Waals surface area contributed by atoms with Gasteiger partial charge in [-0.1, -0.05) is 127 Å². The Labute approximate surface area is 269 Å². The molecule has 1 N–H and O–H groups in total. The molecule has 3 rings (SSSR count). The summed E-state index contributed by atoms with van der Waals surface area (Å²) in [5.41, 5.74) is 3.57. The number of carbonyl (C=O) groups excluding carboxylic acids is 2. The fourth-order valence-electron chi connectivity index (χ4n) is 5.50. The Balaban J connectivity index is 1.41. The summed E-state index contributed by atoms with van der Waals surface area (Å²) in [5, 5.41) is 6.04. The number of rotatable bonds is 22. The molecule has 244 valence electrons. The molecule has 0 aliphatic rings. The van der Waals surface area contributed by atoms with Crippen LogP contribution < -0.4 is 19.6 Å². The van der Waals surface area contributed by atoms with Crippen LogP contribution in [0.15, 0.2) is 59.7 Å². The quantitative estimate of drug-likeness (QED) is 0.0399. The number of carbonyl (C=O) groups is 2. The first kappa shape index (κ1) is 35.6. The lowest BCUT2D eigenvalue weighted by Crippen LogP contribution is -2.17. The number of hydrazone groups is 1. The maximum atomic E-state index is 13.0. The van der Waals surface area contributed by atoms with Crippen LogP contribution in [0.4, 0.5) is 0 Å². The molecule has 0 fully saturated rings. The van der Waals surface area contributed by atoms with E-state index in [1.54, 1.807) is 30.5 Å². The topological polar surface area (TPSA) is 86.2 Å². The molecule has 0 atom stereocenters. The zero-order valence-electron chi connectivity index (χ0n) is 27.6. The highest BCUT2D eigenvalue weighted by Gasteiger charge is 2.16. The lowest BCUT2D eigenvalue weighted by Gasteiger charge is -2.12. The molecule has 45 heavy (non-hydrogen) atoms. The van der Waals surface area contributed by atoms with E-state index in [-0.39, 0.29) is 5.91 Å². The Morgan fingerprint density at radius 3 is 1.89 bits per heavy atom. The van der Waals surface area contributed by atoms with Crippen LogP contribution in [0.3, 0.4) is 0 Å². The number of unbranched alkanes of at least 4 members (excludes halogenated alkanes) is 14. The predicted octanol–water partition coefficient (Wildman–Crippen LogP) is 9.79. The van der Waals surface area contributed by atoms with Gasteiger partial charge >= 0.3 is 5.97 Å². The monoisotopic (exact) mass is 616 g/mol. The molecule has 0 unspecified atom stereocenters. The highest BCUT2D eigenvalue weighted by molar-refractivity contribution is 6.04. The minimum absolute atomic E-state index is 0.120. The molecule has 0 radical (unpaired) electrons. The van der Waals surface area contributed by atoms with Crippen molar-refractivity contribution in [1.29, 1.82) is 0 Å². The van der Waals surface area contributed by atoms with E-state index in [1.807, 2.05) is 30.3 Å². The summed E-state index contributed by atoms with van der Waals surface area (Å²) in [4.78, 5) is 25.5. The first-order chi connectivity index (χ1) is 22.1.